The fourth-order valence-corrected chi connectivity index (χ4v) is 1.22. The quantitative estimate of drug-likeness (QED) is 0.271. The standard InChI is InChI=1S/C8H6FO2S.2Li/c1-12-7-4-5(8(10)11)2-3-6(7)9;;/h3-4H,1H3,(H,10,11);;/q-1;2*+1/p-1. The van der Waals surface area contributed by atoms with Crippen LogP contribution in [0.25, 0.3) is 0 Å². The molecule has 0 aliphatic carbocycles. The van der Waals surface area contributed by atoms with Gasteiger partial charge in [-0.05, 0) is 17.1 Å². The summed E-state index contributed by atoms with van der Waals surface area (Å²) in [5.74, 6) is -1.81. The molecule has 1 aromatic rings. The number of carbonyl (C=O) groups excluding carboxylic acids is 1. The molecule has 0 amide bonds. The molecule has 1 aromatic carbocycles. The van der Waals surface area contributed by atoms with Gasteiger partial charge in [-0.15, -0.1) is 35.5 Å². The molecule has 0 heterocycles. The summed E-state index contributed by atoms with van der Waals surface area (Å²) in [6, 6.07) is 4.46. The number of rotatable bonds is 2. The molecule has 0 aliphatic heterocycles. The van der Waals surface area contributed by atoms with Gasteiger partial charge in [-0.2, -0.15) is 0 Å². The number of hydrogen-bond donors (Lipinski definition) is 0. The molecular weight excluding hydrogens is 193 g/mol. The Labute approximate surface area is 110 Å². The van der Waals surface area contributed by atoms with Crippen molar-refractivity contribution < 1.29 is 52.0 Å². The van der Waals surface area contributed by atoms with Gasteiger partial charge in [0.25, 0.3) is 0 Å². The molecule has 14 heavy (non-hydrogen) atoms. The van der Waals surface area contributed by atoms with Gasteiger partial charge in [0.15, 0.2) is 0 Å². The van der Waals surface area contributed by atoms with Gasteiger partial charge < -0.3 is 9.90 Å². The van der Waals surface area contributed by atoms with Gasteiger partial charge >= 0.3 is 37.7 Å². The Hall–Kier alpha value is 0.165. The van der Waals surface area contributed by atoms with Crippen molar-refractivity contribution in [2.24, 2.45) is 0 Å². The molecule has 0 bridgehead atoms. The maximum Gasteiger partial charge on any atom is 1.00 e. The average molecular weight is 198 g/mol. The molecule has 0 saturated carbocycles. The fraction of sp³-hybridized carbons (Fsp3) is 0.125. The molecule has 0 saturated heterocycles. The van der Waals surface area contributed by atoms with Crippen LogP contribution in [0.1, 0.15) is 10.4 Å². The average Bonchev–Trinajstić information content (AvgIpc) is 2.05. The van der Waals surface area contributed by atoms with Gasteiger partial charge in [-0.3, -0.25) is 4.39 Å². The van der Waals surface area contributed by atoms with Crippen LogP contribution in [0.15, 0.2) is 17.0 Å². The summed E-state index contributed by atoms with van der Waals surface area (Å²) in [6.45, 7) is 0. The Kier molecular flexibility index (Phi) is 8.83. The predicted molar refractivity (Wildman–Crippen MR) is 41.3 cm³/mol. The Morgan fingerprint density at radius 3 is 2.57 bits per heavy atom. The van der Waals surface area contributed by atoms with Crippen LogP contribution in [-0.4, -0.2) is 12.2 Å². The molecular formula is C8H5FLi2O2S. The van der Waals surface area contributed by atoms with Crippen molar-refractivity contribution in [3.05, 3.63) is 29.6 Å². The maximum atomic E-state index is 12.8. The van der Waals surface area contributed by atoms with Gasteiger partial charge in [0.05, 0.1) is 5.82 Å². The topological polar surface area (TPSA) is 40.1 Å². The third kappa shape index (κ3) is 4.13. The molecule has 0 aromatic heterocycles. The number of benzene rings is 1. The first-order chi connectivity index (χ1) is 5.65. The second-order valence-electron chi connectivity index (χ2n) is 2.05. The molecule has 0 atom stereocenters. The number of hydrogen-bond acceptors (Lipinski definition) is 3. The summed E-state index contributed by atoms with van der Waals surface area (Å²) in [5.41, 5.74) is -0.124. The molecule has 0 spiro atoms. The second kappa shape index (κ2) is 7.46. The molecule has 0 radical (unpaired) electrons. The van der Waals surface area contributed by atoms with Gasteiger partial charge in [0.2, 0.25) is 0 Å². The third-order valence-corrected chi connectivity index (χ3v) is 2.06. The Bertz CT molecular complexity index is 320. The van der Waals surface area contributed by atoms with Crippen LogP contribution in [0.4, 0.5) is 4.39 Å². The summed E-state index contributed by atoms with van der Waals surface area (Å²) in [5, 5.41) is 10.3. The van der Waals surface area contributed by atoms with E-state index in [-0.39, 0.29) is 48.2 Å². The van der Waals surface area contributed by atoms with E-state index in [1.54, 1.807) is 6.26 Å². The Balaban J connectivity index is 0. The zero-order chi connectivity index (χ0) is 9.14. The fourth-order valence-electron chi connectivity index (χ4n) is 0.728. The van der Waals surface area contributed by atoms with Crippen LogP contribution in [0, 0.1) is 11.9 Å². The van der Waals surface area contributed by atoms with Crippen LogP contribution < -0.4 is 42.8 Å². The Morgan fingerprint density at radius 2 is 2.14 bits per heavy atom. The Morgan fingerprint density at radius 1 is 1.57 bits per heavy atom. The maximum absolute atomic E-state index is 12.8. The summed E-state index contributed by atoms with van der Waals surface area (Å²) in [4.78, 5) is 10.6. The van der Waals surface area contributed by atoms with Crippen LogP contribution in [0.3, 0.4) is 0 Å². The number of carboxylic acid groups (broad SMARTS) is 1. The zero-order valence-electron chi connectivity index (χ0n) is 8.26. The van der Waals surface area contributed by atoms with Crippen molar-refractivity contribution in [1.29, 1.82) is 0 Å². The smallest absolute Gasteiger partial charge is 0.603 e. The third-order valence-electron chi connectivity index (χ3n) is 1.31. The first-order valence-electron chi connectivity index (χ1n) is 3.11. The van der Waals surface area contributed by atoms with E-state index in [1.807, 2.05) is 0 Å². The molecule has 0 unspecified atom stereocenters. The molecule has 64 valence electrons. The minimum absolute atomic E-state index is 0. The molecule has 1 rings (SSSR count). The molecule has 0 aliphatic rings. The van der Waals surface area contributed by atoms with E-state index in [9.17, 15) is 14.3 Å². The molecule has 6 heteroatoms. The number of carbonyl (C=O) groups is 1. The minimum Gasteiger partial charge on any atom is -0.603 e. The van der Waals surface area contributed by atoms with E-state index in [1.165, 1.54) is 6.07 Å². The van der Waals surface area contributed by atoms with Crippen LogP contribution in [0.2, 0.25) is 0 Å². The molecule has 0 fully saturated rings. The van der Waals surface area contributed by atoms with E-state index >= 15 is 0 Å². The monoisotopic (exact) mass is 198 g/mol. The van der Waals surface area contributed by atoms with Gasteiger partial charge in [-0.1, -0.05) is 0 Å². The summed E-state index contributed by atoms with van der Waals surface area (Å²) < 4.78 is 12.8. The van der Waals surface area contributed by atoms with Crippen LogP contribution in [0.5, 0.6) is 0 Å². The first-order valence-corrected chi connectivity index (χ1v) is 4.34. The predicted octanol–water partition coefficient (Wildman–Crippen LogP) is -5.28. The number of carboxylic acids is 1. The van der Waals surface area contributed by atoms with Crippen molar-refractivity contribution in [2.75, 3.05) is 6.26 Å². The van der Waals surface area contributed by atoms with E-state index < -0.39 is 11.8 Å². The normalized spacial score (nSPS) is 8.43. The van der Waals surface area contributed by atoms with Crippen LogP contribution >= 0.6 is 11.8 Å². The van der Waals surface area contributed by atoms with Gasteiger partial charge in [0.1, 0.15) is 0 Å². The van der Waals surface area contributed by atoms with Gasteiger partial charge in [0, 0.05) is 0 Å². The summed E-state index contributed by atoms with van der Waals surface area (Å²) >= 11 is 1.14. The van der Waals surface area contributed by atoms with Crippen molar-refractivity contribution in [3.63, 3.8) is 0 Å². The summed E-state index contributed by atoms with van der Waals surface area (Å²) in [7, 11) is 0. The number of halogens is 1. The number of aromatic carboxylic acids is 1. The van der Waals surface area contributed by atoms with Gasteiger partial charge in [-0.25, -0.2) is 0 Å². The van der Waals surface area contributed by atoms with E-state index in [4.69, 9.17) is 0 Å². The number of thioether (sulfide) groups is 1. The van der Waals surface area contributed by atoms with Crippen molar-refractivity contribution in [3.8, 4) is 0 Å². The van der Waals surface area contributed by atoms with Crippen LogP contribution in [-0.2, 0) is 0 Å². The summed E-state index contributed by atoms with van der Waals surface area (Å²) in [6.07, 6.45) is 1.66. The molecule has 2 nitrogen and oxygen atoms in total. The minimum atomic E-state index is -1.34. The van der Waals surface area contributed by atoms with E-state index in [0.717, 1.165) is 17.8 Å². The second-order valence-corrected chi connectivity index (χ2v) is 2.90. The van der Waals surface area contributed by atoms with Crippen molar-refractivity contribution in [1.82, 2.24) is 0 Å². The van der Waals surface area contributed by atoms with Crippen molar-refractivity contribution in [2.45, 2.75) is 4.90 Å². The SMILES string of the molecule is CSc1cc(C(=O)[O-])[c-]cc1F.[Li+].[Li+]. The largest absolute Gasteiger partial charge is 1.00 e. The first kappa shape index (κ1) is 16.6. The van der Waals surface area contributed by atoms with E-state index in [2.05, 4.69) is 6.07 Å². The van der Waals surface area contributed by atoms with E-state index in [0.29, 0.717) is 0 Å². The van der Waals surface area contributed by atoms with Crippen molar-refractivity contribution >= 4 is 17.7 Å². The molecule has 0 N–H and O–H groups in total. The zero-order valence-corrected chi connectivity index (χ0v) is 9.07.